The third kappa shape index (κ3) is 6.31. The van der Waals surface area contributed by atoms with Gasteiger partial charge in [-0.2, -0.15) is 0 Å². The number of aromatic nitrogens is 2. The number of rotatable bonds is 12. The van der Waals surface area contributed by atoms with Crippen molar-refractivity contribution in [1.29, 1.82) is 0 Å². The van der Waals surface area contributed by atoms with Crippen LogP contribution in [0.25, 0.3) is 23.2 Å². The van der Waals surface area contributed by atoms with Gasteiger partial charge in [0.1, 0.15) is 5.82 Å². The van der Waals surface area contributed by atoms with Crippen LogP contribution in [0.1, 0.15) is 81.8 Å². The van der Waals surface area contributed by atoms with Gasteiger partial charge in [-0.1, -0.05) is 63.5 Å². The van der Waals surface area contributed by atoms with E-state index in [-0.39, 0.29) is 24.8 Å². The maximum atomic E-state index is 12.3. The number of aromatic amines is 1. The number of unbranched alkanes of at least 4 members (excludes halogenated alkanes) is 3. The summed E-state index contributed by atoms with van der Waals surface area (Å²) in [6.45, 7) is 8.04. The number of nitrogens with one attached hydrogen (secondary N) is 2. The molecule has 29 heavy (non-hydrogen) atoms. The first-order valence-electron chi connectivity index (χ1n) is 10.3. The van der Waals surface area contributed by atoms with Crippen molar-refractivity contribution in [2.45, 2.75) is 64.8 Å². The molecule has 1 aromatic carbocycles. The number of carboxylic acid groups (broad SMARTS) is 1. The van der Waals surface area contributed by atoms with Crippen LogP contribution in [0.15, 0.2) is 24.8 Å². The first-order valence-corrected chi connectivity index (χ1v) is 10.3. The molecule has 1 unspecified atom stereocenters. The molecule has 1 amide bonds. The second-order valence-corrected chi connectivity index (χ2v) is 7.15. The minimum atomic E-state index is -0.976. The number of benzene rings is 1. The molecule has 1 atom stereocenters. The van der Waals surface area contributed by atoms with Gasteiger partial charge < -0.3 is 15.4 Å². The first kappa shape index (κ1) is 22.4. The Morgan fingerprint density at radius 2 is 2.07 bits per heavy atom. The smallest absolute Gasteiger partial charge is 0.303 e. The van der Waals surface area contributed by atoms with Crippen molar-refractivity contribution >= 4 is 35.1 Å². The molecule has 0 saturated carbocycles. The topological polar surface area (TPSA) is 95.1 Å². The van der Waals surface area contributed by atoms with Gasteiger partial charge in [-0.25, -0.2) is 4.98 Å². The van der Waals surface area contributed by atoms with Gasteiger partial charge in [0.05, 0.1) is 23.5 Å². The van der Waals surface area contributed by atoms with Gasteiger partial charge in [-0.15, -0.1) is 0 Å². The van der Waals surface area contributed by atoms with Gasteiger partial charge in [-0.05, 0) is 25.0 Å². The Labute approximate surface area is 172 Å². The number of carbonyl (C=O) groups is 2. The summed E-state index contributed by atoms with van der Waals surface area (Å²) in [7, 11) is 0. The second-order valence-electron chi connectivity index (χ2n) is 7.15. The van der Waals surface area contributed by atoms with Crippen molar-refractivity contribution in [3.05, 3.63) is 41.7 Å². The summed E-state index contributed by atoms with van der Waals surface area (Å²) in [5.41, 5.74) is 3.70. The Balaban J connectivity index is 2.30. The van der Waals surface area contributed by atoms with Crippen LogP contribution in [-0.2, 0) is 9.59 Å². The van der Waals surface area contributed by atoms with E-state index in [1.807, 2.05) is 31.2 Å². The summed E-state index contributed by atoms with van der Waals surface area (Å²) in [5, 5.41) is 11.8. The zero-order valence-electron chi connectivity index (χ0n) is 17.3. The van der Waals surface area contributed by atoms with E-state index in [9.17, 15) is 9.59 Å². The molecule has 1 aromatic heterocycles. The summed E-state index contributed by atoms with van der Waals surface area (Å²) in [6.07, 6.45) is 10.7. The van der Waals surface area contributed by atoms with Crippen LogP contribution in [0.4, 0.5) is 0 Å². The lowest BCUT2D eigenvalue weighted by Crippen LogP contribution is -2.29. The minimum Gasteiger partial charge on any atom is -0.481 e. The van der Waals surface area contributed by atoms with E-state index in [0.717, 1.165) is 54.3 Å². The van der Waals surface area contributed by atoms with Gasteiger partial charge in [0.2, 0.25) is 5.91 Å². The monoisotopic (exact) mass is 397 g/mol. The standard InChI is InChI=1S/C23H31N3O3/c1-4-7-8-9-11-19(24-20(27)14-15-21(28)29)23-25-18-13-12-16(10-5-2)17(6-3)22(18)26-23/h5-6,10,12-13,19H,3-4,7-9,11,14-15H2,1-2H3,(H,24,27)(H,25,26)(H,28,29)/b10-5-. The third-order valence-corrected chi connectivity index (χ3v) is 4.87. The highest BCUT2D eigenvalue weighted by Gasteiger charge is 2.20. The van der Waals surface area contributed by atoms with E-state index < -0.39 is 5.97 Å². The van der Waals surface area contributed by atoms with Crippen LogP contribution in [0.3, 0.4) is 0 Å². The molecule has 2 aromatic rings. The Morgan fingerprint density at radius 1 is 1.28 bits per heavy atom. The number of nitrogens with zero attached hydrogens (tertiary/aromatic N) is 1. The van der Waals surface area contributed by atoms with Crippen molar-refractivity contribution in [2.24, 2.45) is 0 Å². The van der Waals surface area contributed by atoms with Crippen molar-refractivity contribution in [3.63, 3.8) is 0 Å². The molecule has 0 spiro atoms. The van der Waals surface area contributed by atoms with Gasteiger partial charge in [0.25, 0.3) is 0 Å². The zero-order chi connectivity index (χ0) is 21.2. The van der Waals surface area contributed by atoms with Crippen molar-refractivity contribution in [2.75, 3.05) is 0 Å². The number of hydrogen-bond donors (Lipinski definition) is 3. The lowest BCUT2D eigenvalue weighted by molar-refractivity contribution is -0.138. The van der Waals surface area contributed by atoms with E-state index in [4.69, 9.17) is 10.1 Å². The second kappa shape index (κ2) is 11.2. The summed E-state index contributed by atoms with van der Waals surface area (Å²) in [5.74, 6) is -0.552. The molecule has 6 nitrogen and oxygen atoms in total. The summed E-state index contributed by atoms with van der Waals surface area (Å²) in [4.78, 5) is 31.1. The third-order valence-electron chi connectivity index (χ3n) is 4.87. The number of hydrogen-bond acceptors (Lipinski definition) is 3. The van der Waals surface area contributed by atoms with Crippen LogP contribution in [0, 0.1) is 0 Å². The van der Waals surface area contributed by atoms with E-state index in [1.165, 1.54) is 0 Å². The molecule has 2 rings (SSSR count). The predicted molar refractivity (Wildman–Crippen MR) is 117 cm³/mol. The largest absolute Gasteiger partial charge is 0.481 e. The fraction of sp³-hybridized carbons (Fsp3) is 0.435. The van der Waals surface area contributed by atoms with Crippen molar-refractivity contribution in [3.8, 4) is 0 Å². The lowest BCUT2D eigenvalue weighted by Gasteiger charge is -2.16. The molecule has 0 saturated heterocycles. The van der Waals surface area contributed by atoms with Crippen molar-refractivity contribution in [1.82, 2.24) is 15.3 Å². The molecular formula is C23H31N3O3. The normalized spacial score (nSPS) is 12.3. The number of aliphatic carboxylic acids is 1. The number of carbonyl (C=O) groups excluding carboxylic acids is 1. The van der Waals surface area contributed by atoms with Gasteiger partial charge >= 0.3 is 5.97 Å². The predicted octanol–water partition coefficient (Wildman–Crippen LogP) is 5.23. The molecule has 3 N–H and O–H groups in total. The van der Waals surface area contributed by atoms with E-state index in [0.29, 0.717) is 5.82 Å². The maximum absolute atomic E-state index is 12.3. The number of amides is 1. The maximum Gasteiger partial charge on any atom is 0.303 e. The molecular weight excluding hydrogens is 366 g/mol. The summed E-state index contributed by atoms with van der Waals surface area (Å²) >= 11 is 0. The van der Waals surface area contributed by atoms with Crippen LogP contribution >= 0.6 is 0 Å². The molecule has 0 radical (unpaired) electrons. The molecule has 1 heterocycles. The van der Waals surface area contributed by atoms with Gasteiger partial charge in [0, 0.05) is 12.0 Å². The Morgan fingerprint density at radius 3 is 2.72 bits per heavy atom. The lowest BCUT2D eigenvalue weighted by atomic mass is 10.1. The van der Waals surface area contributed by atoms with Crippen molar-refractivity contribution < 1.29 is 14.7 Å². The molecule has 0 fully saturated rings. The van der Waals surface area contributed by atoms with E-state index in [2.05, 4.69) is 23.8 Å². The van der Waals surface area contributed by atoms with Gasteiger partial charge in [0.15, 0.2) is 0 Å². The number of imidazole rings is 1. The number of carboxylic acids is 1. The Bertz CT molecular complexity index is 883. The number of fused-ring (bicyclic) bond motifs is 1. The van der Waals surface area contributed by atoms with Crippen LogP contribution in [-0.4, -0.2) is 27.0 Å². The Kier molecular flexibility index (Phi) is 8.65. The number of allylic oxidation sites excluding steroid dienone is 1. The zero-order valence-corrected chi connectivity index (χ0v) is 17.3. The summed E-state index contributed by atoms with van der Waals surface area (Å²) in [6, 6.07) is 3.72. The fourth-order valence-corrected chi connectivity index (χ4v) is 3.38. The Hall–Kier alpha value is -2.89. The fourth-order valence-electron chi connectivity index (χ4n) is 3.38. The molecule has 0 aliphatic carbocycles. The van der Waals surface area contributed by atoms with Crippen LogP contribution in [0.2, 0.25) is 0 Å². The molecule has 0 aliphatic rings. The highest BCUT2D eigenvalue weighted by atomic mass is 16.4. The molecule has 0 aliphatic heterocycles. The quantitative estimate of drug-likeness (QED) is 0.427. The highest BCUT2D eigenvalue weighted by molar-refractivity contribution is 5.89. The summed E-state index contributed by atoms with van der Waals surface area (Å²) < 4.78 is 0. The SMILES string of the molecule is C=Cc1c(/C=C\C)ccc2[nH]c(C(CCCCCC)NC(=O)CCC(=O)O)nc12. The highest BCUT2D eigenvalue weighted by Crippen LogP contribution is 2.27. The first-order chi connectivity index (χ1) is 14.0. The number of H-pyrrole nitrogens is 1. The average molecular weight is 398 g/mol. The minimum absolute atomic E-state index is 0.0373. The average Bonchev–Trinajstić information content (AvgIpc) is 3.13. The van der Waals surface area contributed by atoms with Crippen LogP contribution < -0.4 is 5.32 Å². The molecule has 6 heteroatoms. The molecule has 156 valence electrons. The van der Waals surface area contributed by atoms with E-state index >= 15 is 0 Å². The molecule has 0 bridgehead atoms. The van der Waals surface area contributed by atoms with Crippen LogP contribution in [0.5, 0.6) is 0 Å². The van der Waals surface area contributed by atoms with E-state index in [1.54, 1.807) is 6.08 Å². The van der Waals surface area contributed by atoms with Gasteiger partial charge in [-0.3, -0.25) is 9.59 Å².